The van der Waals surface area contributed by atoms with Crippen molar-refractivity contribution in [2.24, 2.45) is 62.6 Å². The van der Waals surface area contributed by atoms with E-state index in [1.54, 1.807) is 17.0 Å². The Bertz CT molecular complexity index is 1400. The molecular weight excluding hydrogens is 586 g/mol. The van der Waals surface area contributed by atoms with Gasteiger partial charge in [0.1, 0.15) is 0 Å². The third-order valence-electron chi connectivity index (χ3n) is 16.4. The summed E-state index contributed by atoms with van der Waals surface area (Å²) < 4.78 is 0. The lowest BCUT2D eigenvalue weighted by Crippen LogP contribution is -2.67. The molecule has 0 saturated heterocycles. The molecule has 0 unspecified atom stereocenters. The van der Waals surface area contributed by atoms with Crippen LogP contribution >= 0.6 is 0 Å². The number of hydrogen-bond acceptors (Lipinski definition) is 3. The van der Waals surface area contributed by atoms with E-state index in [2.05, 4.69) is 60.6 Å². The molecule has 1 aromatic rings. The fraction of sp³-hybridized carbons (Fsp3) is 0.780. The molecule has 6 nitrogen and oxygen atoms in total. The number of nitrogens with zero attached hydrogens (tertiary/aromatic N) is 1. The third kappa shape index (κ3) is 4.95. The molecule has 1 aromatic carbocycles. The fourth-order valence-electron chi connectivity index (χ4n) is 14.0. The van der Waals surface area contributed by atoms with Crippen molar-refractivity contribution in [3.8, 4) is 0 Å². The second-order valence-corrected chi connectivity index (χ2v) is 18.5. The molecule has 0 aromatic heterocycles. The van der Waals surface area contributed by atoms with Crippen LogP contribution in [0.25, 0.3) is 0 Å². The number of carbonyl (C=O) groups excluding carboxylic acids is 1. The zero-order valence-electron chi connectivity index (χ0n) is 30.4. The van der Waals surface area contributed by atoms with Gasteiger partial charge >= 0.3 is 11.9 Å². The van der Waals surface area contributed by atoms with Gasteiger partial charge in [-0.15, -0.1) is 0 Å². The molecule has 0 bridgehead atoms. The van der Waals surface area contributed by atoms with Crippen molar-refractivity contribution in [2.45, 2.75) is 125 Å². The van der Waals surface area contributed by atoms with Gasteiger partial charge in [-0.05, 0) is 145 Å². The summed E-state index contributed by atoms with van der Waals surface area (Å²) in [6, 6.07) is 7.71. The normalized spacial score (nSPS) is 42.1. The summed E-state index contributed by atoms with van der Waals surface area (Å²) >= 11 is 0. The minimum atomic E-state index is -0.866. The van der Waals surface area contributed by atoms with E-state index in [1.165, 1.54) is 37.7 Å². The van der Waals surface area contributed by atoms with Crippen molar-refractivity contribution in [3.63, 3.8) is 0 Å². The van der Waals surface area contributed by atoms with Crippen LogP contribution in [0.1, 0.15) is 141 Å². The van der Waals surface area contributed by atoms with Gasteiger partial charge in [-0.25, -0.2) is 4.79 Å². The maximum absolute atomic E-state index is 14.4. The summed E-state index contributed by atoms with van der Waals surface area (Å²) in [4.78, 5) is 39.1. The number of aromatic carboxylic acids is 1. The minimum Gasteiger partial charge on any atom is -0.481 e. The molecule has 6 heteroatoms. The van der Waals surface area contributed by atoms with E-state index in [1.807, 2.05) is 7.05 Å². The molecule has 1 amide bonds. The molecule has 6 rings (SSSR count). The quantitative estimate of drug-likeness (QED) is 0.308. The van der Waals surface area contributed by atoms with Gasteiger partial charge in [0, 0.05) is 13.6 Å². The molecule has 0 spiro atoms. The van der Waals surface area contributed by atoms with Gasteiger partial charge in [0.15, 0.2) is 0 Å². The lowest BCUT2D eigenvalue weighted by atomic mass is 9.31. The summed E-state index contributed by atoms with van der Waals surface area (Å²) in [6.45, 7) is 17.9. The van der Waals surface area contributed by atoms with E-state index >= 15 is 0 Å². The highest BCUT2D eigenvalue weighted by molar-refractivity contribution is 5.87. The van der Waals surface area contributed by atoms with E-state index in [9.17, 15) is 24.6 Å². The van der Waals surface area contributed by atoms with Crippen molar-refractivity contribution in [1.29, 1.82) is 0 Å². The molecule has 2 N–H and O–H groups in total. The monoisotopic (exact) mass is 647 g/mol. The third-order valence-corrected chi connectivity index (χ3v) is 16.4. The smallest absolute Gasteiger partial charge is 0.335 e. The van der Waals surface area contributed by atoms with Crippen LogP contribution in [-0.4, -0.2) is 46.6 Å². The molecule has 5 saturated carbocycles. The SMILES string of the molecule is CC(C)[C@@H]1CC[C@]2(C(=O)N(C)CCC(=O)O)CC[C@]3(C)[C@H](CC[C@@H]4[C@@]5(C)CC[C@H](c6ccc(C(=O)O)cc6)C(C)(C)[C@@H]5CC[C@]43C)[C@@H]12. The van der Waals surface area contributed by atoms with Crippen LogP contribution in [0, 0.1) is 62.6 Å². The number of amides is 1. The van der Waals surface area contributed by atoms with Crippen molar-refractivity contribution in [1.82, 2.24) is 4.90 Å². The first-order valence-electron chi connectivity index (χ1n) is 18.7. The highest BCUT2D eigenvalue weighted by Gasteiger charge is 2.72. The number of carboxylic acids is 2. The highest BCUT2D eigenvalue weighted by Crippen LogP contribution is 2.78. The molecule has 0 heterocycles. The average Bonchev–Trinajstić information content (AvgIpc) is 3.41. The Hall–Kier alpha value is -2.37. The van der Waals surface area contributed by atoms with Crippen molar-refractivity contribution < 1.29 is 24.6 Å². The van der Waals surface area contributed by atoms with Gasteiger partial charge in [-0.1, -0.05) is 60.6 Å². The van der Waals surface area contributed by atoms with E-state index in [0.29, 0.717) is 47.0 Å². The van der Waals surface area contributed by atoms with Gasteiger partial charge in [-0.3, -0.25) is 9.59 Å². The second kappa shape index (κ2) is 11.6. The van der Waals surface area contributed by atoms with Crippen LogP contribution in [0.3, 0.4) is 0 Å². The summed E-state index contributed by atoms with van der Waals surface area (Å²) in [7, 11) is 1.84. The maximum atomic E-state index is 14.4. The lowest BCUT2D eigenvalue weighted by Gasteiger charge is -2.73. The largest absolute Gasteiger partial charge is 0.481 e. The van der Waals surface area contributed by atoms with Crippen LogP contribution in [0.15, 0.2) is 24.3 Å². The number of aliphatic carboxylic acids is 1. The minimum absolute atomic E-state index is 0.00207. The number of carbonyl (C=O) groups is 3. The predicted octanol–water partition coefficient (Wildman–Crippen LogP) is 9.14. The van der Waals surface area contributed by atoms with Crippen molar-refractivity contribution in [2.75, 3.05) is 13.6 Å². The van der Waals surface area contributed by atoms with Gasteiger partial charge in [-0.2, -0.15) is 0 Å². The topological polar surface area (TPSA) is 94.9 Å². The van der Waals surface area contributed by atoms with Crippen LogP contribution < -0.4 is 0 Å². The molecule has 47 heavy (non-hydrogen) atoms. The Morgan fingerprint density at radius 2 is 1.49 bits per heavy atom. The van der Waals surface area contributed by atoms with Crippen LogP contribution in [0.5, 0.6) is 0 Å². The van der Waals surface area contributed by atoms with E-state index in [-0.39, 0.29) is 45.9 Å². The Kier molecular flexibility index (Phi) is 8.52. The zero-order chi connectivity index (χ0) is 34.3. The molecule has 0 aliphatic heterocycles. The highest BCUT2D eigenvalue weighted by atomic mass is 16.4. The first-order chi connectivity index (χ1) is 21.9. The Labute approximate surface area is 283 Å². The number of fused-ring (bicyclic) bond motifs is 7. The summed E-state index contributed by atoms with van der Waals surface area (Å²) in [6.07, 6.45) is 11.3. The van der Waals surface area contributed by atoms with Crippen LogP contribution in [-0.2, 0) is 9.59 Å². The van der Waals surface area contributed by atoms with Gasteiger partial charge in [0.2, 0.25) is 5.91 Å². The number of rotatable bonds is 7. The molecule has 5 fully saturated rings. The molecule has 5 aliphatic rings. The standard InChI is InChI=1S/C41H61NO5/c1-25(2)28-15-21-41(36(47)42(8)24-18-33(43)44)23-22-39(6)30(34(28)41)13-14-32-38(5)19-16-29(26-9-11-27(12-10-26)35(45)46)37(3,4)31(38)17-20-40(32,39)7/h9-12,25,28-32,34H,13-24H2,1-8H3,(H,43,44)(H,45,46)/t28-,29+,30+,31-,32+,34+,38-,39+,40+,41-/m0/s1. The molecular formula is C41H61NO5. The van der Waals surface area contributed by atoms with Gasteiger partial charge in [0.05, 0.1) is 17.4 Å². The Morgan fingerprint density at radius 3 is 2.11 bits per heavy atom. The van der Waals surface area contributed by atoms with Crippen molar-refractivity contribution >= 4 is 17.8 Å². The zero-order valence-corrected chi connectivity index (χ0v) is 30.4. The van der Waals surface area contributed by atoms with Crippen molar-refractivity contribution in [3.05, 3.63) is 35.4 Å². The first-order valence-corrected chi connectivity index (χ1v) is 18.7. The fourth-order valence-corrected chi connectivity index (χ4v) is 14.0. The number of carboxylic acid groups (broad SMARTS) is 2. The maximum Gasteiger partial charge on any atom is 0.335 e. The summed E-state index contributed by atoms with van der Waals surface area (Å²) in [5.74, 6) is 2.12. The molecule has 10 atom stereocenters. The number of benzene rings is 1. The summed E-state index contributed by atoms with van der Waals surface area (Å²) in [5, 5.41) is 18.8. The van der Waals surface area contributed by atoms with E-state index in [0.717, 1.165) is 32.1 Å². The molecule has 260 valence electrons. The summed E-state index contributed by atoms with van der Waals surface area (Å²) in [5.41, 5.74) is 2.03. The van der Waals surface area contributed by atoms with E-state index in [4.69, 9.17) is 0 Å². The van der Waals surface area contributed by atoms with E-state index < -0.39 is 11.9 Å². The molecule has 0 radical (unpaired) electrons. The Morgan fingerprint density at radius 1 is 0.809 bits per heavy atom. The number of hydrogen-bond donors (Lipinski definition) is 2. The first kappa shape index (κ1) is 34.5. The Balaban J connectivity index is 1.31. The average molecular weight is 648 g/mol. The lowest BCUT2D eigenvalue weighted by molar-refractivity contribution is -0.240. The van der Waals surface area contributed by atoms with Crippen LogP contribution in [0.4, 0.5) is 0 Å². The van der Waals surface area contributed by atoms with Gasteiger partial charge in [0.25, 0.3) is 0 Å². The van der Waals surface area contributed by atoms with Gasteiger partial charge < -0.3 is 15.1 Å². The molecule has 5 aliphatic carbocycles. The second-order valence-electron chi connectivity index (χ2n) is 18.5. The predicted molar refractivity (Wildman–Crippen MR) is 185 cm³/mol. The van der Waals surface area contributed by atoms with Crippen LogP contribution in [0.2, 0.25) is 0 Å².